The summed E-state index contributed by atoms with van der Waals surface area (Å²) in [6.07, 6.45) is 0. The first-order valence-electron chi connectivity index (χ1n) is 6.06. The summed E-state index contributed by atoms with van der Waals surface area (Å²) in [5.74, 6) is 1.44. The molecular weight excluding hydrogens is 315 g/mol. The van der Waals surface area contributed by atoms with Crippen LogP contribution in [0.15, 0.2) is 40.3 Å². The molecule has 6 heteroatoms. The fraction of sp³-hybridized carbons (Fsp3) is 0.214. The molecular formula is C14H14Cl2N2OS. The molecule has 0 saturated heterocycles. The third-order valence-electron chi connectivity index (χ3n) is 2.50. The highest BCUT2D eigenvalue weighted by atomic mass is 35.5. The first-order valence-corrected chi connectivity index (χ1v) is 7.63. The van der Waals surface area contributed by atoms with Gasteiger partial charge in [-0.15, -0.1) is 0 Å². The summed E-state index contributed by atoms with van der Waals surface area (Å²) in [6.45, 7) is 2.74. The molecule has 0 aliphatic carbocycles. The van der Waals surface area contributed by atoms with E-state index in [9.17, 15) is 0 Å². The number of hydrogen-bond donors (Lipinski definition) is 1. The van der Waals surface area contributed by atoms with Crippen LogP contribution in [0.5, 0.6) is 5.75 Å². The standard InChI is InChI=1S/C14H14Cl2N2OS/c1-3-17-13-11(15)8-12(16)14(18-13)20-10-6-4-5-9(7-10)19-2/h4-8H,3H2,1-2H3,(H,17,18). The summed E-state index contributed by atoms with van der Waals surface area (Å²) in [4.78, 5) is 5.46. The topological polar surface area (TPSA) is 34.2 Å². The van der Waals surface area contributed by atoms with Gasteiger partial charge in [-0.1, -0.05) is 41.0 Å². The van der Waals surface area contributed by atoms with Crippen LogP contribution in [0.4, 0.5) is 5.82 Å². The number of rotatable bonds is 5. The molecule has 0 fully saturated rings. The van der Waals surface area contributed by atoms with Crippen LogP contribution in [0.3, 0.4) is 0 Å². The van der Waals surface area contributed by atoms with Crippen molar-refractivity contribution in [3.8, 4) is 5.75 Å². The Morgan fingerprint density at radius 2 is 2.05 bits per heavy atom. The Labute approximate surface area is 132 Å². The molecule has 0 aliphatic heterocycles. The minimum atomic E-state index is 0.520. The van der Waals surface area contributed by atoms with Crippen LogP contribution in [-0.2, 0) is 0 Å². The van der Waals surface area contributed by atoms with E-state index in [0.29, 0.717) is 20.9 Å². The van der Waals surface area contributed by atoms with Crippen LogP contribution in [0.25, 0.3) is 0 Å². The number of methoxy groups -OCH3 is 1. The second kappa shape index (κ2) is 7.07. The highest BCUT2D eigenvalue weighted by Crippen LogP contribution is 2.36. The lowest BCUT2D eigenvalue weighted by Gasteiger charge is -2.10. The minimum absolute atomic E-state index is 0.520. The average molecular weight is 329 g/mol. The molecule has 1 N–H and O–H groups in total. The zero-order chi connectivity index (χ0) is 14.5. The lowest BCUT2D eigenvalue weighted by molar-refractivity contribution is 0.413. The summed E-state index contributed by atoms with van der Waals surface area (Å²) in [7, 11) is 1.64. The maximum absolute atomic E-state index is 6.20. The third kappa shape index (κ3) is 3.72. The molecule has 0 radical (unpaired) electrons. The Balaban J connectivity index is 2.30. The number of benzene rings is 1. The molecule has 2 aromatic rings. The van der Waals surface area contributed by atoms with Crippen molar-refractivity contribution in [2.45, 2.75) is 16.8 Å². The van der Waals surface area contributed by atoms with Crippen molar-refractivity contribution in [3.63, 3.8) is 0 Å². The number of pyridine rings is 1. The van der Waals surface area contributed by atoms with Gasteiger partial charge in [0.2, 0.25) is 0 Å². The number of nitrogens with zero attached hydrogens (tertiary/aromatic N) is 1. The maximum Gasteiger partial charge on any atom is 0.146 e. The highest BCUT2D eigenvalue weighted by molar-refractivity contribution is 7.99. The van der Waals surface area contributed by atoms with Crippen molar-refractivity contribution >= 4 is 40.8 Å². The van der Waals surface area contributed by atoms with Crippen molar-refractivity contribution in [2.75, 3.05) is 19.0 Å². The van der Waals surface area contributed by atoms with E-state index in [0.717, 1.165) is 17.2 Å². The van der Waals surface area contributed by atoms with E-state index < -0.39 is 0 Å². The van der Waals surface area contributed by atoms with Gasteiger partial charge in [0, 0.05) is 11.4 Å². The molecule has 0 atom stereocenters. The Kier molecular flexibility index (Phi) is 5.40. The molecule has 2 rings (SSSR count). The van der Waals surface area contributed by atoms with Gasteiger partial charge >= 0.3 is 0 Å². The van der Waals surface area contributed by atoms with Crippen LogP contribution in [0, 0.1) is 0 Å². The van der Waals surface area contributed by atoms with Crippen LogP contribution in [0.2, 0.25) is 10.0 Å². The van der Waals surface area contributed by atoms with Crippen molar-refractivity contribution in [2.24, 2.45) is 0 Å². The summed E-state index contributed by atoms with van der Waals surface area (Å²) in [5, 5.41) is 4.87. The van der Waals surface area contributed by atoms with E-state index in [1.54, 1.807) is 13.2 Å². The summed E-state index contributed by atoms with van der Waals surface area (Å²) in [6, 6.07) is 9.44. The van der Waals surface area contributed by atoms with Gasteiger partial charge in [0.1, 0.15) is 16.6 Å². The smallest absolute Gasteiger partial charge is 0.146 e. The van der Waals surface area contributed by atoms with Gasteiger partial charge in [-0.3, -0.25) is 0 Å². The number of aromatic nitrogens is 1. The van der Waals surface area contributed by atoms with Crippen LogP contribution in [0.1, 0.15) is 6.92 Å². The Morgan fingerprint density at radius 3 is 2.75 bits per heavy atom. The maximum atomic E-state index is 6.20. The lowest BCUT2D eigenvalue weighted by Crippen LogP contribution is -2.00. The van der Waals surface area contributed by atoms with Crippen molar-refractivity contribution in [1.29, 1.82) is 0 Å². The fourth-order valence-electron chi connectivity index (χ4n) is 1.59. The molecule has 0 aliphatic rings. The predicted octanol–water partition coefficient (Wildman–Crippen LogP) is 4.98. The molecule has 0 spiro atoms. The molecule has 3 nitrogen and oxygen atoms in total. The Bertz CT molecular complexity index is 608. The van der Waals surface area contributed by atoms with Crippen molar-refractivity contribution in [3.05, 3.63) is 40.4 Å². The number of ether oxygens (including phenoxy) is 1. The Hall–Kier alpha value is -1.10. The second-order valence-electron chi connectivity index (χ2n) is 3.92. The van der Waals surface area contributed by atoms with E-state index in [-0.39, 0.29) is 0 Å². The number of hydrogen-bond acceptors (Lipinski definition) is 4. The van der Waals surface area contributed by atoms with E-state index in [1.807, 2.05) is 31.2 Å². The van der Waals surface area contributed by atoms with Crippen LogP contribution >= 0.6 is 35.0 Å². The predicted molar refractivity (Wildman–Crippen MR) is 85.5 cm³/mol. The van der Waals surface area contributed by atoms with E-state index >= 15 is 0 Å². The zero-order valence-electron chi connectivity index (χ0n) is 11.1. The van der Waals surface area contributed by atoms with Gasteiger partial charge in [0.25, 0.3) is 0 Å². The quantitative estimate of drug-likeness (QED) is 0.839. The van der Waals surface area contributed by atoms with Crippen molar-refractivity contribution < 1.29 is 4.74 Å². The molecule has 0 unspecified atom stereocenters. The summed E-state index contributed by atoms with van der Waals surface area (Å²) >= 11 is 13.8. The van der Waals surface area contributed by atoms with Gasteiger partial charge in [0.05, 0.1) is 17.2 Å². The first-order chi connectivity index (χ1) is 9.63. The minimum Gasteiger partial charge on any atom is -0.497 e. The number of halogens is 2. The van der Waals surface area contributed by atoms with Gasteiger partial charge in [-0.25, -0.2) is 4.98 Å². The molecule has 1 heterocycles. The highest BCUT2D eigenvalue weighted by Gasteiger charge is 2.10. The lowest BCUT2D eigenvalue weighted by atomic mass is 10.3. The zero-order valence-corrected chi connectivity index (χ0v) is 13.4. The SMILES string of the molecule is CCNc1nc(Sc2cccc(OC)c2)c(Cl)cc1Cl. The molecule has 0 saturated carbocycles. The Morgan fingerprint density at radius 1 is 1.25 bits per heavy atom. The second-order valence-corrected chi connectivity index (χ2v) is 5.79. The summed E-state index contributed by atoms with van der Waals surface area (Å²) in [5.41, 5.74) is 0. The molecule has 106 valence electrons. The monoisotopic (exact) mass is 328 g/mol. The van der Waals surface area contributed by atoms with E-state index in [1.165, 1.54) is 11.8 Å². The van der Waals surface area contributed by atoms with Crippen LogP contribution < -0.4 is 10.1 Å². The van der Waals surface area contributed by atoms with Crippen LogP contribution in [-0.4, -0.2) is 18.6 Å². The van der Waals surface area contributed by atoms with Gasteiger partial charge in [-0.05, 0) is 31.2 Å². The fourth-order valence-corrected chi connectivity index (χ4v) is 2.97. The molecule has 0 amide bonds. The molecule has 0 bridgehead atoms. The van der Waals surface area contributed by atoms with Crippen molar-refractivity contribution in [1.82, 2.24) is 4.98 Å². The number of nitrogens with one attached hydrogen (secondary N) is 1. The van der Waals surface area contributed by atoms with Gasteiger partial charge < -0.3 is 10.1 Å². The van der Waals surface area contributed by atoms with E-state index in [4.69, 9.17) is 27.9 Å². The number of anilines is 1. The first kappa shape index (κ1) is 15.3. The largest absolute Gasteiger partial charge is 0.497 e. The molecule has 1 aromatic carbocycles. The molecule has 20 heavy (non-hydrogen) atoms. The summed E-state index contributed by atoms with van der Waals surface area (Å²) < 4.78 is 5.20. The average Bonchev–Trinajstić information content (AvgIpc) is 2.44. The normalized spacial score (nSPS) is 10.4. The van der Waals surface area contributed by atoms with E-state index in [2.05, 4.69) is 10.3 Å². The third-order valence-corrected chi connectivity index (χ3v) is 4.18. The molecule has 1 aromatic heterocycles. The van der Waals surface area contributed by atoms with Gasteiger partial charge in [-0.2, -0.15) is 0 Å². The van der Waals surface area contributed by atoms with Gasteiger partial charge in [0.15, 0.2) is 0 Å².